The Morgan fingerprint density at radius 3 is 2.27 bits per heavy atom. The lowest BCUT2D eigenvalue weighted by atomic mass is 10.2. The molecule has 1 rings (SSSR count). The summed E-state index contributed by atoms with van der Waals surface area (Å²) in [6.45, 7) is 2.05. The highest BCUT2D eigenvalue weighted by Gasteiger charge is 2.20. The quantitative estimate of drug-likeness (QED) is 0.621. The molecule has 1 heterocycles. The second-order valence-electron chi connectivity index (χ2n) is 2.91. The summed E-state index contributed by atoms with van der Waals surface area (Å²) in [7, 11) is -4.04. The van der Waals surface area contributed by atoms with E-state index in [1.54, 1.807) is 6.20 Å². The summed E-state index contributed by atoms with van der Waals surface area (Å²) in [4.78, 5) is 4.12. The minimum atomic E-state index is -6.00. The SMILES string of the molecule is CCC(N)c1nccn1C.F[B-](F)(F)F.[H+]. The van der Waals surface area contributed by atoms with Crippen LogP contribution in [-0.2, 0) is 7.05 Å². The van der Waals surface area contributed by atoms with Crippen LogP contribution in [0, 0.1) is 0 Å². The molecule has 88 valence electrons. The second kappa shape index (κ2) is 5.74. The molecule has 0 amide bonds. The Hall–Kier alpha value is -1.05. The molecule has 0 aliphatic carbocycles. The maximum atomic E-state index is 9.75. The van der Waals surface area contributed by atoms with Gasteiger partial charge in [-0.3, -0.25) is 0 Å². The zero-order chi connectivity index (χ0) is 12.1. The first-order chi connectivity index (χ1) is 6.75. The van der Waals surface area contributed by atoms with E-state index in [2.05, 4.69) is 11.9 Å². The van der Waals surface area contributed by atoms with Crippen molar-refractivity contribution in [2.75, 3.05) is 0 Å². The summed E-state index contributed by atoms with van der Waals surface area (Å²) in [6.07, 6.45) is 4.61. The van der Waals surface area contributed by atoms with Gasteiger partial charge in [-0.2, -0.15) is 0 Å². The van der Waals surface area contributed by atoms with Crippen molar-refractivity contribution < 1.29 is 18.7 Å². The van der Waals surface area contributed by atoms with Crippen LogP contribution in [0.2, 0.25) is 0 Å². The molecular formula is C7H14BF4N3. The van der Waals surface area contributed by atoms with Crippen molar-refractivity contribution in [3.63, 3.8) is 0 Å². The Bertz CT molecular complexity index is 285. The first-order valence-electron chi connectivity index (χ1n) is 4.35. The lowest BCUT2D eigenvalue weighted by Gasteiger charge is -2.07. The van der Waals surface area contributed by atoms with E-state index in [-0.39, 0.29) is 7.47 Å². The van der Waals surface area contributed by atoms with Crippen LogP contribution in [-0.4, -0.2) is 16.8 Å². The van der Waals surface area contributed by atoms with Crippen LogP contribution in [0.25, 0.3) is 0 Å². The van der Waals surface area contributed by atoms with Gasteiger partial charge in [0.2, 0.25) is 0 Å². The fourth-order valence-corrected chi connectivity index (χ4v) is 0.917. The van der Waals surface area contributed by atoms with Crippen molar-refractivity contribution in [3.05, 3.63) is 18.2 Å². The maximum absolute atomic E-state index is 9.75. The van der Waals surface area contributed by atoms with E-state index in [0.717, 1.165) is 12.2 Å². The van der Waals surface area contributed by atoms with Gasteiger partial charge >= 0.3 is 8.68 Å². The number of halogens is 4. The number of hydrogen-bond donors (Lipinski definition) is 1. The van der Waals surface area contributed by atoms with Gasteiger partial charge in [-0.25, -0.2) is 4.98 Å². The van der Waals surface area contributed by atoms with Crippen molar-refractivity contribution in [1.29, 1.82) is 0 Å². The van der Waals surface area contributed by atoms with Crippen LogP contribution in [0.15, 0.2) is 12.4 Å². The zero-order valence-corrected chi connectivity index (χ0v) is 8.50. The van der Waals surface area contributed by atoms with Gasteiger partial charge in [-0.15, -0.1) is 0 Å². The van der Waals surface area contributed by atoms with Crippen LogP contribution in [0.3, 0.4) is 0 Å². The smallest absolute Gasteiger partial charge is 0.418 e. The molecule has 0 saturated carbocycles. The molecule has 0 spiro atoms. The number of nitrogens with two attached hydrogens (primary N) is 1. The summed E-state index contributed by atoms with van der Waals surface area (Å²) in [5, 5.41) is 0. The third kappa shape index (κ3) is 6.95. The molecule has 0 aliphatic heterocycles. The molecule has 0 radical (unpaired) electrons. The van der Waals surface area contributed by atoms with Gasteiger partial charge < -0.3 is 27.6 Å². The van der Waals surface area contributed by atoms with Gasteiger partial charge in [-0.05, 0) is 6.42 Å². The Morgan fingerprint density at radius 2 is 2.00 bits per heavy atom. The molecule has 8 heteroatoms. The molecule has 1 aromatic rings. The topological polar surface area (TPSA) is 43.8 Å². The minimum Gasteiger partial charge on any atom is -0.418 e. The van der Waals surface area contributed by atoms with Gasteiger partial charge in [0.1, 0.15) is 5.82 Å². The van der Waals surface area contributed by atoms with E-state index in [4.69, 9.17) is 5.73 Å². The van der Waals surface area contributed by atoms with Crippen LogP contribution in [0.1, 0.15) is 26.6 Å². The number of hydrogen-bond acceptors (Lipinski definition) is 2. The molecule has 0 aromatic carbocycles. The van der Waals surface area contributed by atoms with Gasteiger partial charge in [0, 0.05) is 19.4 Å². The van der Waals surface area contributed by atoms with Crippen LogP contribution < -0.4 is 5.73 Å². The Morgan fingerprint density at radius 1 is 1.53 bits per heavy atom. The third-order valence-electron chi connectivity index (χ3n) is 1.63. The predicted octanol–water partition coefficient (Wildman–Crippen LogP) is 2.24. The van der Waals surface area contributed by atoms with Crippen LogP contribution >= 0.6 is 0 Å². The highest BCUT2D eigenvalue weighted by Crippen LogP contribution is 2.08. The molecular weight excluding hydrogens is 213 g/mol. The van der Waals surface area contributed by atoms with Crippen molar-refractivity contribution in [1.82, 2.24) is 9.55 Å². The van der Waals surface area contributed by atoms with Crippen molar-refractivity contribution in [2.24, 2.45) is 12.8 Å². The minimum absolute atomic E-state index is 0. The lowest BCUT2D eigenvalue weighted by Crippen LogP contribution is -2.13. The Balaban J connectivity index is 0. The number of imidazole rings is 1. The largest absolute Gasteiger partial charge is 1.00 e. The van der Waals surface area contributed by atoms with E-state index < -0.39 is 7.25 Å². The number of aromatic nitrogens is 2. The van der Waals surface area contributed by atoms with Gasteiger partial charge in [0.05, 0.1) is 6.04 Å². The average Bonchev–Trinajstić information content (AvgIpc) is 2.47. The van der Waals surface area contributed by atoms with E-state index in [0.29, 0.717) is 0 Å². The fraction of sp³-hybridized carbons (Fsp3) is 0.571. The second-order valence-corrected chi connectivity index (χ2v) is 2.91. The number of rotatable bonds is 2. The molecule has 1 aromatic heterocycles. The zero-order valence-electron chi connectivity index (χ0n) is 9.50. The summed E-state index contributed by atoms with van der Waals surface area (Å²) in [6, 6.07) is 0.0833. The van der Waals surface area contributed by atoms with Crippen molar-refractivity contribution >= 4 is 7.25 Å². The normalized spacial score (nSPS) is 13.0. The average molecular weight is 227 g/mol. The number of aryl methyl sites for hydroxylation is 1. The summed E-state index contributed by atoms with van der Waals surface area (Å²) >= 11 is 0. The predicted molar refractivity (Wildman–Crippen MR) is 51.7 cm³/mol. The molecule has 0 fully saturated rings. The molecule has 15 heavy (non-hydrogen) atoms. The van der Waals surface area contributed by atoms with Gasteiger partial charge in [0.15, 0.2) is 0 Å². The monoisotopic (exact) mass is 227 g/mol. The maximum Gasteiger partial charge on any atom is 1.00 e. The summed E-state index contributed by atoms with van der Waals surface area (Å²) < 4.78 is 41.0. The molecule has 2 N–H and O–H groups in total. The lowest BCUT2D eigenvalue weighted by molar-refractivity contribution is 0.368. The molecule has 0 bridgehead atoms. The van der Waals surface area contributed by atoms with E-state index in [1.165, 1.54) is 0 Å². The molecule has 1 atom stereocenters. The van der Waals surface area contributed by atoms with Crippen LogP contribution in [0.5, 0.6) is 0 Å². The first kappa shape index (κ1) is 14.0. The summed E-state index contributed by atoms with van der Waals surface area (Å²) in [5.41, 5.74) is 5.76. The highest BCUT2D eigenvalue weighted by atomic mass is 19.5. The van der Waals surface area contributed by atoms with Gasteiger partial charge in [-0.1, -0.05) is 6.92 Å². The molecule has 3 nitrogen and oxygen atoms in total. The fourth-order valence-electron chi connectivity index (χ4n) is 0.917. The van der Waals surface area contributed by atoms with Crippen molar-refractivity contribution in [3.8, 4) is 0 Å². The first-order valence-corrected chi connectivity index (χ1v) is 4.35. The van der Waals surface area contributed by atoms with Crippen LogP contribution in [0.4, 0.5) is 17.3 Å². The third-order valence-corrected chi connectivity index (χ3v) is 1.63. The van der Waals surface area contributed by atoms with E-state index >= 15 is 0 Å². The van der Waals surface area contributed by atoms with Crippen molar-refractivity contribution in [2.45, 2.75) is 19.4 Å². The molecule has 0 saturated heterocycles. The van der Waals surface area contributed by atoms with Gasteiger partial charge in [0.25, 0.3) is 0 Å². The molecule has 1 unspecified atom stereocenters. The highest BCUT2D eigenvalue weighted by molar-refractivity contribution is 6.50. The van der Waals surface area contributed by atoms with E-state index in [1.807, 2.05) is 17.8 Å². The summed E-state index contributed by atoms with van der Waals surface area (Å²) in [5.74, 6) is 0.961. The van der Waals surface area contributed by atoms with E-state index in [9.17, 15) is 17.3 Å². The standard InChI is InChI=1S/C7H13N3.BF4/c1-3-6(8)7-9-4-5-10(7)2;2-1(3,4)5/h4-6H,3,8H2,1-2H3;/q;-1/p+1. The Kier molecular flexibility index (Phi) is 5.34. The molecule has 0 aliphatic rings. The Labute approximate surface area is 86.9 Å². The number of nitrogens with zero attached hydrogens (tertiary/aromatic N) is 2.